The van der Waals surface area contributed by atoms with E-state index >= 15 is 0 Å². The molecule has 154 valence electrons. The highest BCUT2D eigenvalue weighted by atomic mass is 32.2. The van der Waals surface area contributed by atoms with Crippen LogP contribution < -0.4 is 9.62 Å². The molecule has 0 aliphatic heterocycles. The Morgan fingerprint density at radius 1 is 0.900 bits per heavy atom. The Kier molecular flexibility index (Phi) is 6.32. The fourth-order valence-corrected chi connectivity index (χ4v) is 4.24. The van der Waals surface area contributed by atoms with Crippen molar-refractivity contribution in [3.8, 4) is 0 Å². The molecule has 0 heterocycles. The molecule has 0 saturated heterocycles. The number of rotatable bonds is 7. The lowest BCUT2D eigenvalue weighted by atomic mass is 9.99. The maximum atomic E-state index is 13.2. The highest BCUT2D eigenvalue weighted by Gasteiger charge is 2.25. The Bertz CT molecular complexity index is 1160. The van der Waals surface area contributed by atoms with E-state index in [0.29, 0.717) is 11.1 Å². The number of nitrogens with zero attached hydrogens (tertiary/aromatic N) is 1. The monoisotopic (exact) mass is 422 g/mol. The van der Waals surface area contributed by atoms with Gasteiger partial charge in [-0.15, -0.1) is 0 Å². The molecule has 0 saturated carbocycles. The number of sulfonamides is 1. The summed E-state index contributed by atoms with van der Waals surface area (Å²) in [5, 5.41) is 2.69. The third-order valence-corrected chi connectivity index (χ3v) is 6.41. The van der Waals surface area contributed by atoms with Crippen LogP contribution in [0.25, 0.3) is 0 Å². The van der Waals surface area contributed by atoms with Gasteiger partial charge >= 0.3 is 0 Å². The summed E-state index contributed by atoms with van der Waals surface area (Å²) >= 11 is 0. The molecule has 0 aliphatic rings. The summed E-state index contributed by atoms with van der Waals surface area (Å²) in [7, 11) is -2.43. The van der Waals surface area contributed by atoms with E-state index in [4.69, 9.17) is 0 Å². The van der Waals surface area contributed by atoms with Crippen LogP contribution in [0.2, 0.25) is 0 Å². The fraction of sp³-hybridized carbons (Fsp3) is 0.130. The first-order valence-electron chi connectivity index (χ1n) is 9.32. The fourth-order valence-electron chi connectivity index (χ4n) is 3.00. The first-order valence-corrected chi connectivity index (χ1v) is 10.8. The molecular weight excluding hydrogens is 400 g/mol. The van der Waals surface area contributed by atoms with Gasteiger partial charge < -0.3 is 5.32 Å². The van der Waals surface area contributed by atoms with Crippen LogP contribution in [0.5, 0.6) is 0 Å². The number of hydrogen-bond donors (Lipinski definition) is 1. The largest absolute Gasteiger partial charge is 0.352 e. The Balaban J connectivity index is 2.09. The number of benzene rings is 3. The summed E-state index contributed by atoms with van der Waals surface area (Å²) in [6, 6.07) is 21.6. The molecule has 3 rings (SSSR count). The highest BCUT2D eigenvalue weighted by Crippen LogP contribution is 2.28. The third kappa shape index (κ3) is 4.58. The van der Waals surface area contributed by atoms with Gasteiger partial charge in [0.25, 0.3) is 10.0 Å². The minimum Gasteiger partial charge on any atom is -0.352 e. The summed E-state index contributed by atoms with van der Waals surface area (Å²) in [5.41, 5.74) is 1.64. The average Bonchev–Trinajstić information content (AvgIpc) is 2.77. The van der Waals surface area contributed by atoms with Gasteiger partial charge in [0.15, 0.2) is 5.78 Å². The number of amides is 1. The molecular formula is C23H22N2O4S. The second-order valence-electron chi connectivity index (χ2n) is 6.74. The maximum absolute atomic E-state index is 13.2. The number of ketones is 1. The average molecular weight is 423 g/mol. The van der Waals surface area contributed by atoms with Crippen molar-refractivity contribution in [1.82, 2.24) is 5.32 Å². The van der Waals surface area contributed by atoms with E-state index in [1.807, 2.05) is 0 Å². The maximum Gasteiger partial charge on any atom is 0.264 e. The lowest BCUT2D eigenvalue weighted by Gasteiger charge is -2.23. The van der Waals surface area contributed by atoms with E-state index < -0.39 is 10.0 Å². The molecule has 0 fully saturated rings. The molecule has 1 N–H and O–H groups in total. The second kappa shape index (κ2) is 8.92. The minimum atomic E-state index is -3.86. The minimum absolute atomic E-state index is 0.132. The van der Waals surface area contributed by atoms with Gasteiger partial charge in [-0.05, 0) is 29.8 Å². The molecule has 0 aliphatic carbocycles. The second-order valence-corrected chi connectivity index (χ2v) is 8.71. The van der Waals surface area contributed by atoms with Crippen LogP contribution in [0, 0.1) is 0 Å². The molecule has 3 aromatic rings. The van der Waals surface area contributed by atoms with Crippen molar-refractivity contribution in [2.24, 2.45) is 0 Å². The molecule has 1 amide bonds. The van der Waals surface area contributed by atoms with Gasteiger partial charge in [0.05, 0.1) is 10.6 Å². The smallest absolute Gasteiger partial charge is 0.264 e. The van der Waals surface area contributed by atoms with E-state index in [2.05, 4.69) is 5.32 Å². The van der Waals surface area contributed by atoms with Gasteiger partial charge in [-0.3, -0.25) is 13.9 Å². The first-order chi connectivity index (χ1) is 14.3. The number of carbonyl (C=O) groups excluding carboxylic acids is 2. The molecule has 3 aromatic carbocycles. The number of nitrogens with one attached hydrogen (secondary N) is 1. The van der Waals surface area contributed by atoms with Crippen molar-refractivity contribution in [2.75, 3.05) is 11.4 Å². The SMILES string of the molecule is CC(=O)NCc1ccc(N(C)S(=O)(=O)c2ccccc2)c(C(=O)c2ccccc2)c1. The van der Waals surface area contributed by atoms with E-state index in [1.54, 1.807) is 66.7 Å². The summed E-state index contributed by atoms with van der Waals surface area (Å²) in [6.45, 7) is 1.64. The van der Waals surface area contributed by atoms with Crippen molar-refractivity contribution in [2.45, 2.75) is 18.4 Å². The third-order valence-electron chi connectivity index (χ3n) is 4.62. The van der Waals surface area contributed by atoms with Gasteiger partial charge in [-0.25, -0.2) is 8.42 Å². The van der Waals surface area contributed by atoms with Crippen LogP contribution in [0.3, 0.4) is 0 Å². The molecule has 0 atom stereocenters. The Morgan fingerprint density at radius 2 is 1.50 bits per heavy atom. The van der Waals surface area contributed by atoms with Crippen molar-refractivity contribution in [3.63, 3.8) is 0 Å². The van der Waals surface area contributed by atoms with Gasteiger partial charge in [-0.1, -0.05) is 54.6 Å². The summed E-state index contributed by atoms with van der Waals surface area (Å²) in [4.78, 5) is 24.6. The molecule has 6 nitrogen and oxygen atoms in total. The number of hydrogen-bond acceptors (Lipinski definition) is 4. The summed E-state index contributed by atoms with van der Waals surface area (Å²) in [5.74, 6) is -0.496. The molecule has 0 aromatic heterocycles. The van der Waals surface area contributed by atoms with Gasteiger partial charge in [0.1, 0.15) is 0 Å². The van der Waals surface area contributed by atoms with Crippen LogP contribution >= 0.6 is 0 Å². The molecule has 0 radical (unpaired) electrons. The van der Waals surface area contributed by atoms with E-state index in [9.17, 15) is 18.0 Å². The Morgan fingerprint density at radius 3 is 2.10 bits per heavy atom. The van der Waals surface area contributed by atoms with Crippen LogP contribution in [0.1, 0.15) is 28.4 Å². The van der Waals surface area contributed by atoms with E-state index in [1.165, 1.54) is 26.1 Å². The lowest BCUT2D eigenvalue weighted by Crippen LogP contribution is -2.28. The van der Waals surface area contributed by atoms with E-state index in [-0.39, 0.29) is 34.4 Å². The van der Waals surface area contributed by atoms with Gasteiger partial charge in [0.2, 0.25) is 5.91 Å². The van der Waals surface area contributed by atoms with Crippen LogP contribution in [-0.4, -0.2) is 27.2 Å². The predicted molar refractivity (Wildman–Crippen MR) is 116 cm³/mol. The zero-order chi connectivity index (χ0) is 21.7. The number of anilines is 1. The van der Waals surface area contributed by atoms with Crippen molar-refractivity contribution in [1.29, 1.82) is 0 Å². The van der Waals surface area contributed by atoms with Crippen molar-refractivity contribution < 1.29 is 18.0 Å². The Hall–Kier alpha value is -3.45. The number of carbonyl (C=O) groups is 2. The predicted octanol–water partition coefficient (Wildman–Crippen LogP) is 3.38. The van der Waals surface area contributed by atoms with Crippen LogP contribution in [0.4, 0.5) is 5.69 Å². The lowest BCUT2D eigenvalue weighted by molar-refractivity contribution is -0.119. The summed E-state index contributed by atoms with van der Waals surface area (Å²) < 4.78 is 27.3. The Labute approximate surface area is 176 Å². The van der Waals surface area contributed by atoms with Gasteiger partial charge in [-0.2, -0.15) is 0 Å². The molecule has 30 heavy (non-hydrogen) atoms. The quantitative estimate of drug-likeness (QED) is 0.592. The van der Waals surface area contributed by atoms with Crippen molar-refractivity contribution >= 4 is 27.4 Å². The molecule has 0 spiro atoms. The topological polar surface area (TPSA) is 83.6 Å². The first kappa shape index (κ1) is 21.3. The van der Waals surface area contributed by atoms with Crippen molar-refractivity contribution in [3.05, 3.63) is 95.6 Å². The van der Waals surface area contributed by atoms with Crippen LogP contribution in [-0.2, 0) is 21.4 Å². The highest BCUT2D eigenvalue weighted by molar-refractivity contribution is 7.92. The standard InChI is InChI=1S/C23H22N2O4S/c1-17(26)24-16-18-13-14-22(21(15-18)23(27)19-9-5-3-6-10-19)25(2)30(28,29)20-11-7-4-8-12-20/h3-15H,16H2,1-2H3,(H,24,26). The van der Waals surface area contributed by atoms with Crippen LogP contribution in [0.15, 0.2) is 83.8 Å². The normalized spacial score (nSPS) is 11.0. The van der Waals surface area contributed by atoms with E-state index in [0.717, 1.165) is 4.31 Å². The molecule has 0 unspecified atom stereocenters. The van der Waals surface area contributed by atoms with Gasteiger partial charge in [0, 0.05) is 31.6 Å². The summed E-state index contributed by atoms with van der Waals surface area (Å²) in [6.07, 6.45) is 0. The molecule has 7 heteroatoms. The zero-order valence-corrected chi connectivity index (χ0v) is 17.5. The molecule has 0 bridgehead atoms. The zero-order valence-electron chi connectivity index (χ0n) is 16.7.